The van der Waals surface area contributed by atoms with Gasteiger partial charge in [0, 0.05) is 17.3 Å². The third kappa shape index (κ3) is 2.79. The molecule has 3 heteroatoms. The van der Waals surface area contributed by atoms with Gasteiger partial charge in [-0.3, -0.25) is 0 Å². The molecule has 1 aromatic carbocycles. The molecule has 3 atom stereocenters. The van der Waals surface area contributed by atoms with Crippen molar-refractivity contribution < 1.29 is 0 Å². The molecule has 0 radical (unpaired) electrons. The minimum Gasteiger partial charge on any atom is -0.307 e. The molecule has 1 aliphatic carbocycles. The lowest BCUT2D eigenvalue weighted by Gasteiger charge is -2.33. The van der Waals surface area contributed by atoms with E-state index in [2.05, 4.69) is 59.7 Å². The van der Waals surface area contributed by atoms with E-state index in [1.807, 2.05) is 11.3 Å². The van der Waals surface area contributed by atoms with Crippen LogP contribution in [0.15, 0.2) is 39.9 Å². The van der Waals surface area contributed by atoms with E-state index in [1.54, 1.807) is 16.7 Å². The molecule has 2 unspecified atom stereocenters. The number of hydrogen-bond donors (Lipinski definition) is 1. The zero-order valence-electron chi connectivity index (χ0n) is 12.3. The molecular weight excluding hydrogens is 294 g/mol. The second-order valence-corrected chi connectivity index (χ2v) is 8.88. The van der Waals surface area contributed by atoms with Crippen LogP contribution in [-0.4, -0.2) is 11.3 Å². The maximum atomic E-state index is 3.96. The Bertz CT molecular complexity index is 634. The van der Waals surface area contributed by atoms with Gasteiger partial charge >= 0.3 is 0 Å². The maximum Gasteiger partial charge on any atom is 0.0649 e. The Morgan fingerprint density at radius 3 is 2.90 bits per heavy atom. The normalized spacial score (nSPS) is 28.0. The average molecular weight is 316 g/mol. The lowest BCUT2D eigenvalue weighted by atomic mass is 9.87. The third-order valence-electron chi connectivity index (χ3n) is 4.69. The molecule has 110 valence electrons. The van der Waals surface area contributed by atoms with Gasteiger partial charge in [0.2, 0.25) is 0 Å². The molecular formula is C18H21NS2. The van der Waals surface area contributed by atoms with Gasteiger partial charge in [-0.25, -0.2) is 0 Å². The van der Waals surface area contributed by atoms with Crippen LogP contribution in [0.3, 0.4) is 0 Å². The van der Waals surface area contributed by atoms with Crippen molar-refractivity contribution in [2.45, 2.75) is 54.1 Å². The number of rotatable bonds is 2. The van der Waals surface area contributed by atoms with Gasteiger partial charge in [-0.05, 0) is 53.8 Å². The van der Waals surface area contributed by atoms with Gasteiger partial charge < -0.3 is 5.32 Å². The Morgan fingerprint density at radius 2 is 2.00 bits per heavy atom. The monoisotopic (exact) mass is 315 g/mol. The summed E-state index contributed by atoms with van der Waals surface area (Å²) in [6.45, 7) is 2.36. The van der Waals surface area contributed by atoms with Crippen LogP contribution in [0.4, 0.5) is 0 Å². The van der Waals surface area contributed by atoms with Gasteiger partial charge in [-0.2, -0.15) is 0 Å². The Hall–Kier alpha value is -0.770. The van der Waals surface area contributed by atoms with Crippen molar-refractivity contribution in [2.24, 2.45) is 0 Å². The molecule has 2 aromatic rings. The summed E-state index contributed by atoms with van der Waals surface area (Å²) in [7, 11) is 0. The molecule has 1 nitrogen and oxygen atoms in total. The lowest BCUT2D eigenvalue weighted by Crippen LogP contribution is -2.39. The Labute approximate surface area is 135 Å². The van der Waals surface area contributed by atoms with Crippen LogP contribution in [0.25, 0.3) is 0 Å². The molecule has 0 fully saturated rings. The first-order valence-corrected chi connectivity index (χ1v) is 9.62. The van der Waals surface area contributed by atoms with E-state index in [9.17, 15) is 0 Å². The van der Waals surface area contributed by atoms with E-state index in [4.69, 9.17) is 0 Å². The van der Waals surface area contributed by atoms with Crippen molar-refractivity contribution in [3.05, 3.63) is 52.4 Å². The highest BCUT2D eigenvalue weighted by molar-refractivity contribution is 8.01. The van der Waals surface area contributed by atoms with Gasteiger partial charge in [-0.1, -0.05) is 31.2 Å². The standard InChI is InChI=1S/C18H21NS2/c1-12-10-17(16-8-9-20-18(16)21-12)19-15-7-6-13-4-2-3-5-14(13)11-15/h2-5,8-9,12,15,17,19H,6-7,10-11H2,1H3/t12-,15?,17?/m0/s1. The predicted octanol–water partition coefficient (Wildman–Crippen LogP) is 4.82. The van der Waals surface area contributed by atoms with Crippen LogP contribution in [0.1, 0.15) is 42.5 Å². The first-order valence-electron chi connectivity index (χ1n) is 7.86. The van der Waals surface area contributed by atoms with Gasteiger partial charge in [0.1, 0.15) is 0 Å². The van der Waals surface area contributed by atoms with Crippen LogP contribution >= 0.6 is 23.1 Å². The summed E-state index contributed by atoms with van der Waals surface area (Å²) < 4.78 is 1.53. The molecule has 1 aliphatic heterocycles. The van der Waals surface area contributed by atoms with Crippen LogP contribution in [0.5, 0.6) is 0 Å². The molecule has 0 saturated carbocycles. The highest BCUT2D eigenvalue weighted by Gasteiger charge is 2.29. The molecule has 2 heterocycles. The first kappa shape index (κ1) is 13.9. The fraction of sp³-hybridized carbons (Fsp3) is 0.444. The molecule has 4 rings (SSSR count). The van der Waals surface area contributed by atoms with Gasteiger partial charge in [0.15, 0.2) is 0 Å². The van der Waals surface area contributed by atoms with Gasteiger partial charge in [0.05, 0.1) is 4.21 Å². The summed E-state index contributed by atoms with van der Waals surface area (Å²) in [5, 5.41) is 6.94. The van der Waals surface area contributed by atoms with E-state index >= 15 is 0 Å². The number of benzene rings is 1. The van der Waals surface area contributed by atoms with E-state index in [1.165, 1.54) is 29.9 Å². The second kappa shape index (κ2) is 5.79. The van der Waals surface area contributed by atoms with Gasteiger partial charge in [-0.15, -0.1) is 23.1 Å². The van der Waals surface area contributed by atoms with E-state index in [0.717, 1.165) is 5.25 Å². The topological polar surface area (TPSA) is 12.0 Å². The molecule has 21 heavy (non-hydrogen) atoms. The molecule has 1 N–H and O–H groups in total. The van der Waals surface area contributed by atoms with Crippen molar-refractivity contribution in [3.8, 4) is 0 Å². The van der Waals surface area contributed by atoms with Gasteiger partial charge in [0.25, 0.3) is 0 Å². The molecule has 0 saturated heterocycles. The van der Waals surface area contributed by atoms with Crippen molar-refractivity contribution in [3.63, 3.8) is 0 Å². The Balaban J connectivity index is 1.51. The van der Waals surface area contributed by atoms with E-state index < -0.39 is 0 Å². The van der Waals surface area contributed by atoms with Crippen molar-refractivity contribution in [1.82, 2.24) is 5.32 Å². The number of aryl methyl sites for hydroxylation is 1. The van der Waals surface area contributed by atoms with Crippen LogP contribution in [-0.2, 0) is 12.8 Å². The summed E-state index contributed by atoms with van der Waals surface area (Å²) in [4.78, 5) is 0. The fourth-order valence-corrected chi connectivity index (χ4v) is 6.20. The Kier molecular flexibility index (Phi) is 3.82. The van der Waals surface area contributed by atoms with Crippen LogP contribution in [0, 0.1) is 0 Å². The summed E-state index contributed by atoms with van der Waals surface area (Å²) in [5.41, 5.74) is 4.64. The van der Waals surface area contributed by atoms with E-state index in [0.29, 0.717) is 12.1 Å². The molecule has 2 aliphatic rings. The Morgan fingerprint density at radius 1 is 1.14 bits per heavy atom. The minimum absolute atomic E-state index is 0.553. The smallest absolute Gasteiger partial charge is 0.0649 e. The zero-order valence-corrected chi connectivity index (χ0v) is 14.0. The minimum atomic E-state index is 0.553. The average Bonchev–Trinajstić information content (AvgIpc) is 2.95. The fourth-order valence-electron chi connectivity index (χ4n) is 3.63. The quantitative estimate of drug-likeness (QED) is 0.852. The number of hydrogen-bond acceptors (Lipinski definition) is 3. The van der Waals surface area contributed by atoms with Crippen LogP contribution in [0.2, 0.25) is 0 Å². The zero-order chi connectivity index (χ0) is 14.2. The molecule has 0 spiro atoms. The number of fused-ring (bicyclic) bond motifs is 2. The number of thiophene rings is 1. The summed E-state index contributed by atoms with van der Waals surface area (Å²) in [6.07, 6.45) is 4.94. The molecule has 0 bridgehead atoms. The number of nitrogens with one attached hydrogen (secondary N) is 1. The predicted molar refractivity (Wildman–Crippen MR) is 92.4 cm³/mol. The second-order valence-electron chi connectivity index (χ2n) is 6.26. The summed E-state index contributed by atoms with van der Waals surface area (Å²) in [5.74, 6) is 0. The SMILES string of the molecule is C[C@H]1CC(NC2CCc3ccccc3C2)c2ccsc2S1. The summed E-state index contributed by atoms with van der Waals surface area (Å²) in [6, 6.07) is 12.5. The first-order chi connectivity index (χ1) is 10.3. The van der Waals surface area contributed by atoms with Crippen molar-refractivity contribution >= 4 is 23.1 Å². The largest absolute Gasteiger partial charge is 0.307 e. The molecule has 0 amide bonds. The van der Waals surface area contributed by atoms with Crippen molar-refractivity contribution in [2.75, 3.05) is 0 Å². The van der Waals surface area contributed by atoms with E-state index in [-0.39, 0.29) is 0 Å². The maximum absolute atomic E-state index is 3.96. The lowest BCUT2D eigenvalue weighted by molar-refractivity contribution is 0.379. The highest BCUT2D eigenvalue weighted by atomic mass is 32.2. The number of thioether (sulfide) groups is 1. The van der Waals surface area contributed by atoms with Crippen LogP contribution < -0.4 is 5.32 Å². The molecule has 1 aromatic heterocycles. The van der Waals surface area contributed by atoms with Crippen molar-refractivity contribution in [1.29, 1.82) is 0 Å². The summed E-state index contributed by atoms with van der Waals surface area (Å²) >= 11 is 3.96. The third-order valence-corrected chi connectivity index (χ3v) is 7.04. The highest BCUT2D eigenvalue weighted by Crippen LogP contribution is 2.44.